The van der Waals surface area contributed by atoms with Crippen LogP contribution in [-0.2, 0) is 4.79 Å². The van der Waals surface area contributed by atoms with Gasteiger partial charge in [0.25, 0.3) is 0 Å². The Kier molecular flexibility index (Phi) is 4.28. The number of carbonyl (C=O) groups is 1. The van der Waals surface area contributed by atoms with Crippen LogP contribution < -0.4 is 0 Å². The average Bonchev–Trinajstić information content (AvgIpc) is 2.67. The third-order valence-electron chi connectivity index (χ3n) is 3.19. The second-order valence-electron chi connectivity index (χ2n) is 6.31. The van der Waals surface area contributed by atoms with Gasteiger partial charge in [0.15, 0.2) is 0 Å². The van der Waals surface area contributed by atoms with E-state index in [4.69, 9.17) is 0 Å². The van der Waals surface area contributed by atoms with Crippen LogP contribution in [-0.4, -0.2) is 25.3 Å². The minimum atomic E-state index is -1.42. The molecule has 1 aliphatic rings. The van der Waals surface area contributed by atoms with Crippen LogP contribution >= 0.6 is 0 Å². The Labute approximate surface area is 122 Å². The predicted molar refractivity (Wildman–Crippen MR) is 87.9 cm³/mol. The molecule has 0 unspecified atom stereocenters. The van der Waals surface area contributed by atoms with Crippen molar-refractivity contribution in [1.29, 1.82) is 0 Å². The first kappa shape index (κ1) is 14.8. The van der Waals surface area contributed by atoms with Crippen LogP contribution in [0.4, 0.5) is 0 Å². The summed E-state index contributed by atoms with van der Waals surface area (Å²) in [6, 6.07) is 10.2. The number of ketones is 1. The first-order chi connectivity index (χ1) is 9.42. The van der Waals surface area contributed by atoms with E-state index in [1.807, 2.05) is 18.2 Å². The molecule has 0 aliphatic carbocycles. The molecule has 3 heteroatoms. The van der Waals surface area contributed by atoms with Crippen LogP contribution in [0.5, 0.6) is 0 Å². The predicted octanol–water partition coefficient (Wildman–Crippen LogP) is 4.08. The highest BCUT2D eigenvalue weighted by atomic mass is 28.3. The minimum Gasteiger partial charge on any atom is -0.338 e. The van der Waals surface area contributed by atoms with Gasteiger partial charge >= 0.3 is 0 Å². The fourth-order valence-corrected chi connectivity index (χ4v) is 3.53. The number of hydrogen-bond acceptors (Lipinski definition) is 2. The van der Waals surface area contributed by atoms with Crippen LogP contribution in [0.1, 0.15) is 18.9 Å². The number of rotatable bonds is 4. The summed E-state index contributed by atoms with van der Waals surface area (Å²) >= 11 is 0. The van der Waals surface area contributed by atoms with Gasteiger partial charge in [0.05, 0.1) is 19.5 Å². The van der Waals surface area contributed by atoms with E-state index < -0.39 is 8.07 Å². The van der Waals surface area contributed by atoms with Crippen LogP contribution in [0.25, 0.3) is 5.70 Å². The molecule has 0 saturated heterocycles. The monoisotopic (exact) mass is 285 g/mol. The van der Waals surface area contributed by atoms with Gasteiger partial charge in [-0.25, -0.2) is 0 Å². The highest BCUT2D eigenvalue weighted by molar-refractivity contribution is 6.81. The summed E-state index contributed by atoms with van der Waals surface area (Å²) in [6.07, 6.45) is 2.82. The Balaban J connectivity index is 2.42. The SMILES string of the molecule is CCCN1C(c2ccccc2)=CC(=O)/C1=C\[Si](C)(C)C. The molecule has 2 nitrogen and oxygen atoms in total. The standard InChI is InChI=1S/C17H23NOSi/c1-5-11-18-15(14-9-7-6-8-10-14)12-17(19)16(18)13-20(2,3)4/h6-10,12-13H,5,11H2,1-4H3/b16-13+. The second kappa shape index (κ2) is 5.79. The van der Waals surface area contributed by atoms with Crippen molar-refractivity contribution >= 4 is 19.6 Å². The quantitative estimate of drug-likeness (QED) is 0.613. The molecule has 0 aromatic heterocycles. The summed E-state index contributed by atoms with van der Waals surface area (Å²) in [4.78, 5) is 14.5. The lowest BCUT2D eigenvalue weighted by atomic mass is 10.1. The highest BCUT2D eigenvalue weighted by Crippen LogP contribution is 2.31. The number of carbonyl (C=O) groups excluding carboxylic acids is 1. The fourth-order valence-electron chi connectivity index (χ4n) is 2.41. The van der Waals surface area contributed by atoms with Crippen molar-refractivity contribution in [2.75, 3.05) is 6.54 Å². The van der Waals surface area contributed by atoms with Gasteiger partial charge in [-0.2, -0.15) is 0 Å². The van der Waals surface area contributed by atoms with E-state index in [1.54, 1.807) is 6.08 Å². The molecule has 0 N–H and O–H groups in total. The zero-order valence-electron chi connectivity index (χ0n) is 12.8. The maximum absolute atomic E-state index is 12.4. The summed E-state index contributed by atoms with van der Waals surface area (Å²) in [5.41, 5.74) is 5.26. The van der Waals surface area contributed by atoms with Crippen molar-refractivity contribution < 1.29 is 4.79 Å². The summed E-state index contributed by atoms with van der Waals surface area (Å²) in [6.45, 7) is 9.83. The Morgan fingerprint density at radius 1 is 1.15 bits per heavy atom. The zero-order valence-corrected chi connectivity index (χ0v) is 13.8. The lowest BCUT2D eigenvalue weighted by Crippen LogP contribution is -2.26. The first-order valence-corrected chi connectivity index (χ1v) is 10.8. The van der Waals surface area contributed by atoms with Crippen LogP contribution in [0.2, 0.25) is 19.6 Å². The molecule has 0 atom stereocenters. The third-order valence-corrected chi connectivity index (χ3v) is 4.33. The summed E-state index contributed by atoms with van der Waals surface area (Å²) in [5, 5.41) is 0. The van der Waals surface area contributed by atoms with E-state index in [9.17, 15) is 4.79 Å². The lowest BCUT2D eigenvalue weighted by molar-refractivity contribution is -0.111. The van der Waals surface area contributed by atoms with Crippen LogP contribution in [0.3, 0.4) is 0 Å². The van der Waals surface area contributed by atoms with Crippen molar-refractivity contribution in [3.63, 3.8) is 0 Å². The Hall–Kier alpha value is -1.61. The number of benzene rings is 1. The maximum Gasteiger partial charge on any atom is 0.203 e. The van der Waals surface area contributed by atoms with E-state index in [2.05, 4.69) is 49.3 Å². The smallest absolute Gasteiger partial charge is 0.203 e. The van der Waals surface area contributed by atoms with E-state index in [1.165, 1.54) is 0 Å². The van der Waals surface area contributed by atoms with Crippen molar-refractivity contribution in [3.05, 3.63) is 53.4 Å². The van der Waals surface area contributed by atoms with E-state index >= 15 is 0 Å². The van der Waals surface area contributed by atoms with E-state index in [0.29, 0.717) is 0 Å². The fraction of sp³-hybridized carbons (Fsp3) is 0.353. The van der Waals surface area contributed by atoms with Gasteiger partial charge in [-0.05, 0) is 12.0 Å². The molecule has 106 valence electrons. The van der Waals surface area contributed by atoms with Gasteiger partial charge in [-0.15, -0.1) is 0 Å². The van der Waals surface area contributed by atoms with Gasteiger partial charge in [-0.1, -0.05) is 62.6 Å². The van der Waals surface area contributed by atoms with Gasteiger partial charge in [0, 0.05) is 12.6 Å². The zero-order chi connectivity index (χ0) is 14.8. The summed E-state index contributed by atoms with van der Waals surface area (Å²) in [7, 11) is -1.42. The molecule has 1 aromatic rings. The molecule has 0 saturated carbocycles. The molecule has 0 fully saturated rings. The molecule has 2 rings (SSSR count). The number of allylic oxidation sites excluding steroid dienone is 1. The molecule has 0 amide bonds. The Morgan fingerprint density at radius 2 is 1.80 bits per heavy atom. The van der Waals surface area contributed by atoms with E-state index in [0.717, 1.165) is 29.9 Å². The van der Waals surface area contributed by atoms with Crippen molar-refractivity contribution in [2.45, 2.75) is 33.0 Å². The molecular formula is C17H23NOSi. The molecule has 0 bridgehead atoms. The molecule has 1 aliphatic heterocycles. The van der Waals surface area contributed by atoms with Gasteiger partial charge in [0.1, 0.15) is 0 Å². The lowest BCUT2D eigenvalue weighted by Gasteiger charge is -2.25. The van der Waals surface area contributed by atoms with Crippen LogP contribution in [0.15, 0.2) is 47.8 Å². The second-order valence-corrected chi connectivity index (χ2v) is 11.3. The minimum absolute atomic E-state index is 0.153. The molecule has 20 heavy (non-hydrogen) atoms. The van der Waals surface area contributed by atoms with Crippen molar-refractivity contribution in [3.8, 4) is 0 Å². The summed E-state index contributed by atoms with van der Waals surface area (Å²) < 4.78 is 0. The van der Waals surface area contributed by atoms with Crippen molar-refractivity contribution in [2.24, 2.45) is 0 Å². The van der Waals surface area contributed by atoms with Crippen LogP contribution in [0, 0.1) is 0 Å². The van der Waals surface area contributed by atoms with Gasteiger partial charge < -0.3 is 4.90 Å². The molecule has 0 radical (unpaired) electrons. The number of hydrogen-bond donors (Lipinski definition) is 0. The topological polar surface area (TPSA) is 20.3 Å². The largest absolute Gasteiger partial charge is 0.338 e. The summed E-state index contributed by atoms with van der Waals surface area (Å²) in [5.74, 6) is 0.153. The van der Waals surface area contributed by atoms with Gasteiger partial charge in [-0.3, -0.25) is 4.79 Å². The third kappa shape index (κ3) is 3.28. The highest BCUT2D eigenvalue weighted by Gasteiger charge is 2.29. The van der Waals surface area contributed by atoms with Gasteiger partial charge in [0.2, 0.25) is 5.78 Å². The normalized spacial score (nSPS) is 17.8. The first-order valence-electron chi connectivity index (χ1n) is 7.24. The van der Waals surface area contributed by atoms with Crippen molar-refractivity contribution in [1.82, 2.24) is 4.90 Å². The molecular weight excluding hydrogens is 262 g/mol. The maximum atomic E-state index is 12.4. The van der Waals surface area contributed by atoms with E-state index in [-0.39, 0.29) is 5.78 Å². The molecule has 1 heterocycles. The molecule has 0 spiro atoms. The molecule has 1 aromatic carbocycles. The Bertz CT molecular complexity index is 552. The average molecular weight is 285 g/mol. The Morgan fingerprint density at radius 3 is 2.35 bits per heavy atom. The number of nitrogens with zero attached hydrogens (tertiary/aromatic N) is 1.